The summed E-state index contributed by atoms with van der Waals surface area (Å²) in [6.07, 6.45) is 1.90. The predicted octanol–water partition coefficient (Wildman–Crippen LogP) is 1.72. The molecule has 0 unspecified atom stereocenters. The second-order valence-corrected chi connectivity index (χ2v) is 3.01. The molecule has 13 heavy (non-hydrogen) atoms. The van der Waals surface area contributed by atoms with Crippen LogP contribution in [-0.2, 0) is 0 Å². The highest BCUT2D eigenvalue weighted by Gasteiger charge is 2.06. The molecule has 0 fully saturated rings. The van der Waals surface area contributed by atoms with Gasteiger partial charge in [-0.15, -0.1) is 0 Å². The van der Waals surface area contributed by atoms with Crippen molar-refractivity contribution in [1.29, 1.82) is 0 Å². The minimum atomic E-state index is -0.186. The van der Waals surface area contributed by atoms with Gasteiger partial charge in [0.25, 0.3) is 0 Å². The third-order valence-corrected chi connectivity index (χ3v) is 2.12. The summed E-state index contributed by atoms with van der Waals surface area (Å²) in [4.78, 5) is 6.30. The Hall–Kier alpha value is -1.38. The van der Waals surface area contributed by atoms with Gasteiger partial charge in [0.2, 0.25) is 0 Å². The summed E-state index contributed by atoms with van der Waals surface area (Å²) in [6.45, 7) is 2.57. The van der Waals surface area contributed by atoms with Gasteiger partial charge >= 0.3 is 0 Å². The molecule has 0 spiro atoms. The van der Waals surface area contributed by atoms with Crippen molar-refractivity contribution in [3.05, 3.63) is 30.1 Å². The molecule has 0 saturated carbocycles. The van der Waals surface area contributed by atoms with Crippen LogP contribution in [0.2, 0.25) is 0 Å². The van der Waals surface area contributed by atoms with Gasteiger partial charge in [0.05, 0.1) is 13.1 Å². The van der Waals surface area contributed by atoms with Crippen LogP contribution < -0.4 is 4.90 Å². The van der Waals surface area contributed by atoms with E-state index in [-0.39, 0.29) is 5.82 Å². The maximum Gasteiger partial charge on any atom is 0.123 e. The zero-order valence-electron chi connectivity index (χ0n) is 7.28. The topological polar surface area (TPSA) is 15.6 Å². The Bertz CT molecular complexity index is 305. The first-order chi connectivity index (χ1) is 6.36. The Kier molecular flexibility index (Phi) is 2.25. The van der Waals surface area contributed by atoms with E-state index in [2.05, 4.69) is 9.89 Å². The van der Waals surface area contributed by atoms with Crippen LogP contribution in [0.25, 0.3) is 0 Å². The molecule has 1 heterocycles. The number of benzene rings is 1. The number of nitrogens with zero attached hydrogens (tertiary/aromatic N) is 2. The van der Waals surface area contributed by atoms with Gasteiger partial charge in [-0.05, 0) is 24.3 Å². The molecule has 0 aromatic heterocycles. The lowest BCUT2D eigenvalue weighted by molar-refractivity contribution is 0.627. The lowest BCUT2D eigenvalue weighted by Gasteiger charge is -2.24. The second kappa shape index (κ2) is 3.56. The van der Waals surface area contributed by atoms with Crippen LogP contribution in [0.1, 0.15) is 0 Å². The Labute approximate surface area is 76.7 Å². The van der Waals surface area contributed by atoms with Gasteiger partial charge in [-0.1, -0.05) is 0 Å². The third-order valence-electron chi connectivity index (χ3n) is 2.12. The van der Waals surface area contributed by atoms with Gasteiger partial charge in [0.1, 0.15) is 5.82 Å². The van der Waals surface area contributed by atoms with E-state index >= 15 is 0 Å². The first-order valence-electron chi connectivity index (χ1n) is 4.35. The summed E-state index contributed by atoms with van der Waals surface area (Å²) in [6, 6.07) is 6.57. The monoisotopic (exact) mass is 178 g/mol. The van der Waals surface area contributed by atoms with Crippen molar-refractivity contribution in [3.63, 3.8) is 0 Å². The average molecular weight is 178 g/mol. The summed E-state index contributed by atoms with van der Waals surface area (Å²) in [5.74, 6) is -0.186. The van der Waals surface area contributed by atoms with Crippen LogP contribution in [-0.4, -0.2) is 25.8 Å². The van der Waals surface area contributed by atoms with E-state index in [1.807, 2.05) is 6.21 Å². The number of hydrogen-bond acceptors (Lipinski definition) is 2. The molecule has 2 rings (SSSR count). The predicted molar refractivity (Wildman–Crippen MR) is 52.0 cm³/mol. The summed E-state index contributed by atoms with van der Waals surface area (Å²) in [7, 11) is 0. The zero-order chi connectivity index (χ0) is 9.10. The van der Waals surface area contributed by atoms with E-state index in [9.17, 15) is 4.39 Å². The fraction of sp³-hybridized carbons (Fsp3) is 0.300. The molecule has 0 aliphatic carbocycles. The van der Waals surface area contributed by atoms with Crippen molar-refractivity contribution in [2.75, 3.05) is 24.5 Å². The largest absolute Gasteiger partial charge is 0.364 e. The van der Waals surface area contributed by atoms with Crippen LogP contribution in [0.15, 0.2) is 29.3 Å². The quantitative estimate of drug-likeness (QED) is 0.639. The molecule has 0 radical (unpaired) electrons. The zero-order valence-corrected chi connectivity index (χ0v) is 7.28. The average Bonchev–Trinajstić information content (AvgIpc) is 2.20. The molecule has 3 heteroatoms. The first kappa shape index (κ1) is 8.23. The number of rotatable bonds is 1. The Morgan fingerprint density at radius 2 is 2.00 bits per heavy atom. The van der Waals surface area contributed by atoms with Gasteiger partial charge < -0.3 is 4.90 Å². The lowest BCUT2D eigenvalue weighted by Crippen LogP contribution is -2.31. The summed E-state index contributed by atoms with van der Waals surface area (Å²) in [5, 5.41) is 0. The molecule has 1 aromatic carbocycles. The molecule has 0 N–H and O–H groups in total. The van der Waals surface area contributed by atoms with Crippen molar-refractivity contribution in [2.24, 2.45) is 4.99 Å². The number of anilines is 1. The smallest absolute Gasteiger partial charge is 0.123 e. The van der Waals surface area contributed by atoms with Gasteiger partial charge in [0, 0.05) is 18.4 Å². The minimum absolute atomic E-state index is 0.186. The summed E-state index contributed by atoms with van der Waals surface area (Å²) in [5.41, 5.74) is 1.06. The molecule has 0 atom stereocenters. The molecule has 1 aliphatic rings. The van der Waals surface area contributed by atoms with E-state index in [0.717, 1.165) is 25.3 Å². The minimum Gasteiger partial charge on any atom is -0.364 e. The lowest BCUT2D eigenvalue weighted by atomic mass is 10.2. The molecular weight excluding hydrogens is 167 g/mol. The maximum atomic E-state index is 12.6. The molecule has 0 bridgehead atoms. The number of aliphatic imine (C=N–C) groups is 1. The van der Waals surface area contributed by atoms with Crippen LogP contribution >= 0.6 is 0 Å². The van der Waals surface area contributed by atoms with Crippen molar-refractivity contribution in [3.8, 4) is 0 Å². The van der Waals surface area contributed by atoms with Crippen LogP contribution in [0.5, 0.6) is 0 Å². The summed E-state index contributed by atoms with van der Waals surface area (Å²) < 4.78 is 12.6. The van der Waals surface area contributed by atoms with Crippen molar-refractivity contribution in [2.45, 2.75) is 0 Å². The highest BCUT2D eigenvalue weighted by Crippen LogP contribution is 2.14. The number of halogens is 1. The van der Waals surface area contributed by atoms with Gasteiger partial charge in [-0.25, -0.2) is 4.39 Å². The molecule has 0 amide bonds. The van der Waals surface area contributed by atoms with E-state index in [1.54, 1.807) is 12.1 Å². The Morgan fingerprint density at radius 1 is 1.23 bits per heavy atom. The maximum absolute atomic E-state index is 12.6. The normalized spacial score (nSPS) is 16.2. The Balaban J connectivity index is 2.15. The molecule has 1 aromatic rings. The van der Waals surface area contributed by atoms with Gasteiger partial charge in [-0.2, -0.15) is 0 Å². The molecule has 2 nitrogen and oxygen atoms in total. The molecule has 68 valence electrons. The Morgan fingerprint density at radius 3 is 2.62 bits per heavy atom. The fourth-order valence-electron chi connectivity index (χ4n) is 1.40. The van der Waals surface area contributed by atoms with Crippen molar-refractivity contribution < 1.29 is 4.39 Å². The van der Waals surface area contributed by atoms with Crippen LogP contribution in [0.3, 0.4) is 0 Å². The van der Waals surface area contributed by atoms with E-state index in [4.69, 9.17) is 0 Å². The highest BCUT2D eigenvalue weighted by molar-refractivity contribution is 5.67. The first-order valence-corrected chi connectivity index (χ1v) is 4.35. The second-order valence-electron chi connectivity index (χ2n) is 3.01. The highest BCUT2D eigenvalue weighted by atomic mass is 19.1. The molecular formula is C10H11FN2. The van der Waals surface area contributed by atoms with Crippen LogP contribution in [0, 0.1) is 5.82 Å². The van der Waals surface area contributed by atoms with E-state index in [0.29, 0.717) is 0 Å². The molecule has 0 saturated heterocycles. The van der Waals surface area contributed by atoms with Crippen molar-refractivity contribution >= 4 is 11.9 Å². The van der Waals surface area contributed by atoms with E-state index < -0.39 is 0 Å². The standard InChI is InChI=1S/C10H11FN2/c11-9-1-3-10(4-2-9)13-7-5-12-6-8-13/h1-5H,6-8H2. The summed E-state index contributed by atoms with van der Waals surface area (Å²) >= 11 is 0. The fourth-order valence-corrected chi connectivity index (χ4v) is 1.40. The number of hydrogen-bond donors (Lipinski definition) is 0. The van der Waals surface area contributed by atoms with Crippen molar-refractivity contribution in [1.82, 2.24) is 0 Å². The van der Waals surface area contributed by atoms with Gasteiger partial charge in [-0.3, -0.25) is 4.99 Å². The van der Waals surface area contributed by atoms with Crippen LogP contribution in [0.4, 0.5) is 10.1 Å². The van der Waals surface area contributed by atoms with E-state index in [1.165, 1.54) is 12.1 Å². The van der Waals surface area contributed by atoms with Gasteiger partial charge in [0.15, 0.2) is 0 Å². The SMILES string of the molecule is Fc1ccc(N2CC=NCC2)cc1. The third kappa shape index (κ3) is 1.86. The molecule has 1 aliphatic heterocycles.